The van der Waals surface area contributed by atoms with E-state index < -0.39 is 5.82 Å². The van der Waals surface area contributed by atoms with Crippen LogP contribution in [-0.2, 0) is 0 Å². The maximum Gasteiger partial charge on any atom is 0.274 e. The van der Waals surface area contributed by atoms with Crippen LogP contribution in [0.3, 0.4) is 0 Å². The number of benzene rings is 2. The lowest BCUT2D eigenvalue weighted by Crippen LogP contribution is -2.37. The van der Waals surface area contributed by atoms with Gasteiger partial charge in [-0.05, 0) is 36.8 Å². The molecule has 3 aromatic rings. The Kier molecular flexibility index (Phi) is 5.37. The molecule has 2 amide bonds. The predicted octanol–water partition coefficient (Wildman–Crippen LogP) is 3.00. The van der Waals surface area contributed by atoms with Crippen molar-refractivity contribution in [3.63, 3.8) is 0 Å². The van der Waals surface area contributed by atoms with E-state index in [4.69, 9.17) is 0 Å². The van der Waals surface area contributed by atoms with Crippen molar-refractivity contribution in [1.82, 2.24) is 19.6 Å². The largest absolute Gasteiger partial charge is 0.337 e. The van der Waals surface area contributed by atoms with Crippen LogP contribution in [-0.4, -0.2) is 57.6 Å². The van der Waals surface area contributed by atoms with Gasteiger partial charge in [0.1, 0.15) is 5.82 Å². The van der Waals surface area contributed by atoms with E-state index in [1.54, 1.807) is 38.9 Å². The van der Waals surface area contributed by atoms with Crippen molar-refractivity contribution >= 4 is 11.8 Å². The van der Waals surface area contributed by atoms with Gasteiger partial charge in [-0.3, -0.25) is 9.59 Å². The average Bonchev–Trinajstić information content (AvgIpc) is 3.12. The number of carbonyl (C=O) groups is 2. The number of halogens is 1. The van der Waals surface area contributed by atoms with Crippen LogP contribution in [0.2, 0.25) is 0 Å². The third kappa shape index (κ3) is 4.03. The molecule has 1 aliphatic heterocycles. The topological polar surface area (TPSA) is 58.4 Å². The minimum atomic E-state index is -0.527. The second-order valence-electron chi connectivity index (χ2n) is 6.90. The zero-order chi connectivity index (χ0) is 20.2. The summed E-state index contributed by atoms with van der Waals surface area (Å²) in [5.74, 6) is -1.04. The van der Waals surface area contributed by atoms with Crippen LogP contribution in [0, 0.1) is 5.82 Å². The van der Waals surface area contributed by atoms with Gasteiger partial charge in [0.05, 0.1) is 11.3 Å². The Bertz CT molecular complexity index is 1020. The fourth-order valence-corrected chi connectivity index (χ4v) is 3.45. The summed E-state index contributed by atoms with van der Waals surface area (Å²) in [5.41, 5.74) is 1.31. The van der Waals surface area contributed by atoms with E-state index in [2.05, 4.69) is 5.10 Å². The Hall–Kier alpha value is -3.48. The highest BCUT2D eigenvalue weighted by molar-refractivity contribution is 5.95. The van der Waals surface area contributed by atoms with E-state index in [1.807, 2.05) is 30.3 Å². The minimum absolute atomic E-state index is 0.0638. The molecule has 29 heavy (non-hydrogen) atoms. The summed E-state index contributed by atoms with van der Waals surface area (Å²) in [6.45, 7) is 1.75. The molecule has 1 saturated heterocycles. The lowest BCUT2D eigenvalue weighted by molar-refractivity contribution is 0.0713. The number of para-hydroxylation sites is 1. The van der Waals surface area contributed by atoms with Gasteiger partial charge in [0, 0.05) is 32.4 Å². The highest BCUT2D eigenvalue weighted by atomic mass is 19.1. The second kappa shape index (κ2) is 8.26. The third-order valence-corrected chi connectivity index (χ3v) is 5.00. The quantitative estimate of drug-likeness (QED) is 0.689. The summed E-state index contributed by atoms with van der Waals surface area (Å²) in [6.07, 6.45) is 2.39. The molecule has 0 aliphatic carbocycles. The summed E-state index contributed by atoms with van der Waals surface area (Å²) in [6, 6.07) is 17.2. The molecular weight excluding hydrogens is 371 g/mol. The van der Waals surface area contributed by atoms with Crippen LogP contribution in [0.15, 0.2) is 66.9 Å². The molecule has 2 heterocycles. The molecule has 4 rings (SSSR count). The maximum atomic E-state index is 13.9. The Morgan fingerprint density at radius 3 is 2.17 bits per heavy atom. The summed E-state index contributed by atoms with van der Waals surface area (Å²) in [4.78, 5) is 28.8. The highest BCUT2D eigenvalue weighted by Gasteiger charge is 2.25. The fraction of sp³-hybridized carbons (Fsp3) is 0.227. The van der Waals surface area contributed by atoms with Gasteiger partial charge < -0.3 is 9.80 Å². The number of aromatic nitrogens is 2. The Morgan fingerprint density at radius 1 is 0.793 bits per heavy atom. The van der Waals surface area contributed by atoms with E-state index >= 15 is 0 Å². The molecule has 0 saturated carbocycles. The van der Waals surface area contributed by atoms with Crippen molar-refractivity contribution in [1.29, 1.82) is 0 Å². The second-order valence-corrected chi connectivity index (χ2v) is 6.90. The smallest absolute Gasteiger partial charge is 0.274 e. The monoisotopic (exact) mass is 392 g/mol. The summed E-state index contributed by atoms with van der Waals surface area (Å²) in [7, 11) is 0. The number of hydrogen-bond donors (Lipinski definition) is 0. The van der Waals surface area contributed by atoms with Crippen molar-refractivity contribution in [2.24, 2.45) is 0 Å². The van der Waals surface area contributed by atoms with Gasteiger partial charge in [-0.25, -0.2) is 9.07 Å². The van der Waals surface area contributed by atoms with Crippen molar-refractivity contribution in [3.8, 4) is 5.69 Å². The molecule has 0 bridgehead atoms. The minimum Gasteiger partial charge on any atom is -0.337 e. The molecule has 6 nitrogen and oxygen atoms in total. The van der Waals surface area contributed by atoms with Crippen molar-refractivity contribution in [3.05, 3.63) is 83.9 Å². The van der Waals surface area contributed by atoms with Crippen molar-refractivity contribution < 1.29 is 14.0 Å². The van der Waals surface area contributed by atoms with Gasteiger partial charge in [0.2, 0.25) is 0 Å². The zero-order valence-electron chi connectivity index (χ0n) is 15.9. The first kappa shape index (κ1) is 18.9. The first-order valence-electron chi connectivity index (χ1n) is 9.57. The van der Waals surface area contributed by atoms with Crippen LogP contribution in [0.25, 0.3) is 5.69 Å². The standard InChI is InChI=1S/C22H21FN4O2/c23-19-10-5-4-9-18(19)21(28)25-12-6-13-26(16-15-25)22(29)20-11-14-27(24-20)17-7-2-1-3-8-17/h1-5,7-11,14H,6,12-13,15-16H2. The molecule has 7 heteroatoms. The number of amides is 2. The lowest BCUT2D eigenvalue weighted by atomic mass is 10.2. The molecule has 1 aromatic heterocycles. The normalized spacial score (nSPS) is 14.5. The fourth-order valence-electron chi connectivity index (χ4n) is 3.45. The van der Waals surface area contributed by atoms with Gasteiger partial charge in [-0.15, -0.1) is 0 Å². The van der Waals surface area contributed by atoms with Crippen molar-refractivity contribution in [2.75, 3.05) is 26.2 Å². The lowest BCUT2D eigenvalue weighted by Gasteiger charge is -2.22. The molecule has 0 N–H and O–H groups in total. The zero-order valence-corrected chi connectivity index (χ0v) is 15.9. The van der Waals surface area contributed by atoms with Crippen LogP contribution in [0.4, 0.5) is 4.39 Å². The molecule has 1 aliphatic rings. The highest BCUT2D eigenvalue weighted by Crippen LogP contribution is 2.14. The van der Waals surface area contributed by atoms with E-state index in [9.17, 15) is 14.0 Å². The van der Waals surface area contributed by atoms with Crippen LogP contribution in [0.5, 0.6) is 0 Å². The van der Waals surface area contributed by atoms with Crippen LogP contribution < -0.4 is 0 Å². The summed E-state index contributed by atoms with van der Waals surface area (Å²) < 4.78 is 15.6. The Labute approximate surface area is 168 Å². The SMILES string of the molecule is O=C(c1ccn(-c2ccccc2)n1)N1CCCN(C(=O)c2ccccc2F)CC1. The summed E-state index contributed by atoms with van der Waals surface area (Å²) >= 11 is 0. The molecular formula is C22H21FN4O2. The van der Waals surface area contributed by atoms with Crippen molar-refractivity contribution in [2.45, 2.75) is 6.42 Å². The predicted molar refractivity (Wildman–Crippen MR) is 106 cm³/mol. The van der Waals surface area contributed by atoms with Gasteiger partial charge in [0.25, 0.3) is 11.8 Å². The number of hydrogen-bond acceptors (Lipinski definition) is 3. The summed E-state index contributed by atoms with van der Waals surface area (Å²) in [5, 5.41) is 4.39. The molecule has 0 atom stereocenters. The molecule has 0 spiro atoms. The van der Waals surface area contributed by atoms with E-state index in [-0.39, 0.29) is 17.4 Å². The third-order valence-electron chi connectivity index (χ3n) is 5.00. The number of nitrogens with zero attached hydrogens (tertiary/aromatic N) is 4. The molecule has 2 aromatic carbocycles. The van der Waals surface area contributed by atoms with E-state index in [0.717, 1.165) is 5.69 Å². The Morgan fingerprint density at radius 2 is 1.45 bits per heavy atom. The van der Waals surface area contributed by atoms with Gasteiger partial charge >= 0.3 is 0 Å². The van der Waals surface area contributed by atoms with E-state index in [0.29, 0.717) is 38.3 Å². The maximum absolute atomic E-state index is 13.9. The van der Waals surface area contributed by atoms with Gasteiger partial charge in [0.15, 0.2) is 5.69 Å². The molecule has 148 valence electrons. The van der Waals surface area contributed by atoms with Gasteiger partial charge in [-0.2, -0.15) is 5.10 Å². The first-order chi connectivity index (χ1) is 14.1. The molecule has 0 unspecified atom stereocenters. The van der Waals surface area contributed by atoms with Crippen LogP contribution >= 0.6 is 0 Å². The van der Waals surface area contributed by atoms with Crippen LogP contribution in [0.1, 0.15) is 27.3 Å². The number of rotatable bonds is 3. The number of carbonyl (C=O) groups excluding carboxylic acids is 2. The van der Waals surface area contributed by atoms with E-state index in [1.165, 1.54) is 12.1 Å². The average molecular weight is 392 g/mol. The first-order valence-corrected chi connectivity index (χ1v) is 9.57. The molecule has 1 fully saturated rings. The Balaban J connectivity index is 1.43. The molecule has 0 radical (unpaired) electrons. The van der Waals surface area contributed by atoms with Gasteiger partial charge in [-0.1, -0.05) is 30.3 Å².